The molecule has 0 saturated carbocycles. The molecule has 23 heavy (non-hydrogen) atoms. The van der Waals surface area contributed by atoms with Crippen LogP contribution in [0.1, 0.15) is 16.1 Å². The highest BCUT2D eigenvalue weighted by Gasteiger charge is 2.14. The molecule has 3 aromatic rings. The lowest BCUT2D eigenvalue weighted by Crippen LogP contribution is -2.15. The van der Waals surface area contributed by atoms with E-state index in [4.69, 9.17) is 16.3 Å². The van der Waals surface area contributed by atoms with Crippen molar-refractivity contribution in [3.8, 4) is 0 Å². The van der Waals surface area contributed by atoms with E-state index >= 15 is 0 Å². The molecule has 1 amide bonds. The van der Waals surface area contributed by atoms with E-state index in [1.807, 2.05) is 60.1 Å². The molecule has 0 bridgehead atoms. The Labute approximate surface area is 139 Å². The van der Waals surface area contributed by atoms with Crippen LogP contribution in [0.5, 0.6) is 0 Å². The standard InChI is InChI=1S/C18H17ClN2O2/c1-21-16-10-14(19)7-6-13(16)9-17(21)18(22)20-15-5-3-4-12(8-15)11-23-2/h3-10H,11H2,1-2H3,(H,20,22). The summed E-state index contributed by atoms with van der Waals surface area (Å²) in [7, 11) is 3.50. The van der Waals surface area contributed by atoms with Crippen LogP contribution in [0.25, 0.3) is 10.9 Å². The number of carbonyl (C=O) groups is 1. The van der Waals surface area contributed by atoms with Crippen LogP contribution in [0.4, 0.5) is 5.69 Å². The van der Waals surface area contributed by atoms with E-state index in [0.29, 0.717) is 17.3 Å². The average molecular weight is 329 g/mol. The minimum Gasteiger partial charge on any atom is -0.380 e. The van der Waals surface area contributed by atoms with Gasteiger partial charge in [0.2, 0.25) is 0 Å². The lowest BCUT2D eigenvalue weighted by atomic mass is 10.2. The van der Waals surface area contributed by atoms with Crippen molar-refractivity contribution in [2.45, 2.75) is 6.61 Å². The van der Waals surface area contributed by atoms with E-state index < -0.39 is 0 Å². The second kappa shape index (κ2) is 6.44. The van der Waals surface area contributed by atoms with Crippen LogP contribution in [0.3, 0.4) is 0 Å². The number of ether oxygens (including phenoxy) is 1. The lowest BCUT2D eigenvalue weighted by Gasteiger charge is -2.08. The summed E-state index contributed by atoms with van der Waals surface area (Å²) in [5.41, 5.74) is 3.26. The van der Waals surface area contributed by atoms with Crippen LogP contribution in [0.2, 0.25) is 5.02 Å². The summed E-state index contributed by atoms with van der Waals surface area (Å²) < 4.78 is 6.96. The van der Waals surface area contributed by atoms with Gasteiger partial charge in [0, 0.05) is 35.8 Å². The van der Waals surface area contributed by atoms with E-state index in [-0.39, 0.29) is 5.91 Å². The molecule has 0 unspecified atom stereocenters. The van der Waals surface area contributed by atoms with Gasteiger partial charge in [0.25, 0.3) is 5.91 Å². The number of hydrogen-bond acceptors (Lipinski definition) is 2. The Morgan fingerprint density at radius 1 is 1.22 bits per heavy atom. The van der Waals surface area contributed by atoms with Crippen molar-refractivity contribution in [2.24, 2.45) is 7.05 Å². The number of nitrogens with one attached hydrogen (secondary N) is 1. The third kappa shape index (κ3) is 3.23. The van der Waals surface area contributed by atoms with Gasteiger partial charge in [-0.2, -0.15) is 0 Å². The number of aromatic nitrogens is 1. The summed E-state index contributed by atoms with van der Waals surface area (Å²) in [6.07, 6.45) is 0. The SMILES string of the molecule is COCc1cccc(NC(=O)c2cc3ccc(Cl)cc3n2C)c1. The predicted octanol–water partition coefficient (Wildman–Crippen LogP) is 4.23. The molecule has 4 nitrogen and oxygen atoms in total. The van der Waals surface area contributed by atoms with Crippen molar-refractivity contribution in [3.63, 3.8) is 0 Å². The zero-order chi connectivity index (χ0) is 16.4. The van der Waals surface area contributed by atoms with E-state index in [2.05, 4.69) is 5.32 Å². The smallest absolute Gasteiger partial charge is 0.272 e. The molecule has 0 aliphatic carbocycles. The lowest BCUT2D eigenvalue weighted by molar-refractivity contribution is 0.101. The van der Waals surface area contributed by atoms with E-state index in [9.17, 15) is 4.79 Å². The van der Waals surface area contributed by atoms with Crippen LogP contribution in [-0.4, -0.2) is 17.6 Å². The highest BCUT2D eigenvalue weighted by atomic mass is 35.5. The monoisotopic (exact) mass is 328 g/mol. The molecule has 0 atom stereocenters. The summed E-state index contributed by atoms with van der Waals surface area (Å²) in [6, 6.07) is 15.1. The Bertz CT molecular complexity index is 871. The molecule has 0 saturated heterocycles. The first-order valence-electron chi connectivity index (χ1n) is 7.22. The van der Waals surface area contributed by atoms with E-state index in [0.717, 1.165) is 22.2 Å². The zero-order valence-corrected chi connectivity index (χ0v) is 13.7. The van der Waals surface area contributed by atoms with Crippen LogP contribution in [-0.2, 0) is 18.4 Å². The van der Waals surface area contributed by atoms with Gasteiger partial charge in [-0.05, 0) is 35.9 Å². The molecule has 3 rings (SSSR count). The normalized spacial score (nSPS) is 10.9. The van der Waals surface area contributed by atoms with Crippen molar-refractivity contribution in [3.05, 3.63) is 64.8 Å². The van der Waals surface area contributed by atoms with Gasteiger partial charge in [0.05, 0.1) is 6.61 Å². The Kier molecular flexibility index (Phi) is 4.37. The van der Waals surface area contributed by atoms with Crippen molar-refractivity contribution >= 4 is 34.1 Å². The van der Waals surface area contributed by atoms with Gasteiger partial charge in [-0.25, -0.2) is 0 Å². The number of hydrogen-bond donors (Lipinski definition) is 1. The van der Waals surface area contributed by atoms with Crippen molar-refractivity contribution < 1.29 is 9.53 Å². The fourth-order valence-corrected chi connectivity index (χ4v) is 2.79. The van der Waals surface area contributed by atoms with Gasteiger partial charge >= 0.3 is 0 Å². The molecule has 0 spiro atoms. The van der Waals surface area contributed by atoms with Gasteiger partial charge < -0.3 is 14.6 Å². The fourth-order valence-electron chi connectivity index (χ4n) is 2.62. The number of anilines is 1. The molecule has 0 aliphatic rings. The number of nitrogens with zero attached hydrogens (tertiary/aromatic N) is 1. The molecule has 1 aromatic heterocycles. The van der Waals surface area contributed by atoms with E-state index in [1.165, 1.54) is 0 Å². The fraction of sp³-hybridized carbons (Fsp3) is 0.167. The zero-order valence-electron chi connectivity index (χ0n) is 13.0. The Morgan fingerprint density at radius 2 is 2.04 bits per heavy atom. The van der Waals surface area contributed by atoms with Gasteiger partial charge in [-0.15, -0.1) is 0 Å². The number of methoxy groups -OCH3 is 1. The number of carbonyl (C=O) groups excluding carboxylic acids is 1. The Morgan fingerprint density at radius 3 is 2.83 bits per heavy atom. The first kappa shape index (κ1) is 15.6. The molecular formula is C18H17ClN2O2. The van der Waals surface area contributed by atoms with E-state index in [1.54, 1.807) is 7.11 Å². The second-order valence-electron chi connectivity index (χ2n) is 5.38. The maximum atomic E-state index is 12.6. The van der Waals surface area contributed by atoms with Crippen molar-refractivity contribution in [1.82, 2.24) is 4.57 Å². The molecule has 1 N–H and O–H groups in total. The molecular weight excluding hydrogens is 312 g/mol. The molecule has 0 aliphatic heterocycles. The predicted molar refractivity (Wildman–Crippen MR) is 93.0 cm³/mol. The largest absolute Gasteiger partial charge is 0.380 e. The molecule has 118 valence electrons. The first-order chi connectivity index (χ1) is 11.1. The number of fused-ring (bicyclic) bond motifs is 1. The quantitative estimate of drug-likeness (QED) is 0.778. The number of benzene rings is 2. The molecule has 5 heteroatoms. The summed E-state index contributed by atoms with van der Waals surface area (Å²) in [4.78, 5) is 12.6. The minimum atomic E-state index is -0.158. The molecule has 1 heterocycles. The molecule has 0 fully saturated rings. The Balaban J connectivity index is 1.89. The number of rotatable bonds is 4. The van der Waals surface area contributed by atoms with Crippen molar-refractivity contribution in [1.29, 1.82) is 0 Å². The van der Waals surface area contributed by atoms with Crippen LogP contribution in [0, 0.1) is 0 Å². The number of halogens is 1. The van der Waals surface area contributed by atoms with Crippen LogP contribution >= 0.6 is 11.6 Å². The third-order valence-corrected chi connectivity index (χ3v) is 3.97. The number of aryl methyl sites for hydroxylation is 1. The second-order valence-corrected chi connectivity index (χ2v) is 5.82. The molecule has 2 aromatic carbocycles. The van der Waals surface area contributed by atoms with Gasteiger partial charge in [-0.3, -0.25) is 4.79 Å². The van der Waals surface area contributed by atoms with Gasteiger partial charge in [-0.1, -0.05) is 29.8 Å². The van der Waals surface area contributed by atoms with Gasteiger partial charge in [0.15, 0.2) is 0 Å². The summed E-state index contributed by atoms with van der Waals surface area (Å²) >= 11 is 6.03. The summed E-state index contributed by atoms with van der Waals surface area (Å²) in [5.74, 6) is -0.158. The summed E-state index contributed by atoms with van der Waals surface area (Å²) in [5, 5.41) is 4.56. The summed E-state index contributed by atoms with van der Waals surface area (Å²) in [6.45, 7) is 0.510. The van der Waals surface area contributed by atoms with Crippen LogP contribution < -0.4 is 5.32 Å². The maximum absolute atomic E-state index is 12.6. The first-order valence-corrected chi connectivity index (χ1v) is 7.60. The third-order valence-electron chi connectivity index (χ3n) is 3.74. The maximum Gasteiger partial charge on any atom is 0.272 e. The average Bonchev–Trinajstić information content (AvgIpc) is 2.85. The van der Waals surface area contributed by atoms with Crippen molar-refractivity contribution in [2.75, 3.05) is 12.4 Å². The Hall–Kier alpha value is -2.30. The topological polar surface area (TPSA) is 43.3 Å². The highest BCUT2D eigenvalue weighted by molar-refractivity contribution is 6.31. The minimum absolute atomic E-state index is 0.158. The van der Waals surface area contributed by atoms with Gasteiger partial charge in [0.1, 0.15) is 5.69 Å². The molecule has 0 radical (unpaired) electrons. The number of amides is 1. The highest BCUT2D eigenvalue weighted by Crippen LogP contribution is 2.23. The van der Waals surface area contributed by atoms with Crippen LogP contribution in [0.15, 0.2) is 48.5 Å².